The fourth-order valence-electron chi connectivity index (χ4n) is 4.86. The van der Waals surface area contributed by atoms with Crippen molar-refractivity contribution in [3.8, 4) is 5.75 Å². The van der Waals surface area contributed by atoms with Crippen LogP contribution in [0.2, 0.25) is 0 Å². The van der Waals surface area contributed by atoms with Crippen LogP contribution in [-0.4, -0.2) is 25.6 Å². The van der Waals surface area contributed by atoms with Gasteiger partial charge in [-0.05, 0) is 34.6 Å². The number of hydrogen-bond donors (Lipinski definition) is 0. The van der Waals surface area contributed by atoms with Gasteiger partial charge in [0.05, 0.1) is 12.9 Å². The van der Waals surface area contributed by atoms with Gasteiger partial charge in [-0.1, -0.05) is 105 Å². The molecular formula is C33H55N2O3S+. The minimum Gasteiger partial charge on any atom is -0.493 e. The molecule has 0 fully saturated rings. The molecule has 0 aliphatic rings. The molecule has 2 aromatic rings. The van der Waals surface area contributed by atoms with Crippen LogP contribution in [0.3, 0.4) is 0 Å². The Kier molecular flexibility index (Phi) is 14.5. The zero-order valence-electron chi connectivity index (χ0n) is 25.7. The van der Waals surface area contributed by atoms with E-state index in [1.54, 1.807) is 4.31 Å². The normalized spacial score (nSPS) is 12.3. The van der Waals surface area contributed by atoms with Crippen LogP contribution < -0.4 is 9.30 Å². The third-order valence-electron chi connectivity index (χ3n) is 7.24. The highest BCUT2D eigenvalue weighted by atomic mass is 32.2. The van der Waals surface area contributed by atoms with Crippen LogP contribution in [0.25, 0.3) is 0 Å². The Labute approximate surface area is 240 Å². The fourth-order valence-corrected chi connectivity index (χ4v) is 5.62. The Hall–Kier alpha value is -1.92. The minimum absolute atomic E-state index is 0.106. The molecule has 0 saturated carbocycles. The van der Waals surface area contributed by atoms with Crippen molar-refractivity contribution in [2.75, 3.05) is 12.9 Å². The summed E-state index contributed by atoms with van der Waals surface area (Å²) in [5.41, 5.74) is 2.99. The lowest BCUT2D eigenvalue weighted by atomic mass is 9.85. The average Bonchev–Trinajstić information content (AvgIpc) is 2.87. The zero-order valence-corrected chi connectivity index (χ0v) is 26.5. The Morgan fingerprint density at radius 3 is 1.87 bits per heavy atom. The second-order valence-electron chi connectivity index (χ2n) is 12.1. The molecule has 0 unspecified atom stereocenters. The number of unbranched alkanes of at least 4 members (excludes halogenated alkanes) is 9. The molecule has 0 aliphatic carbocycles. The molecule has 0 atom stereocenters. The van der Waals surface area contributed by atoms with Crippen molar-refractivity contribution in [2.24, 2.45) is 0 Å². The van der Waals surface area contributed by atoms with Gasteiger partial charge < -0.3 is 4.74 Å². The maximum absolute atomic E-state index is 12.7. The van der Waals surface area contributed by atoms with E-state index in [1.807, 2.05) is 36.7 Å². The van der Waals surface area contributed by atoms with Gasteiger partial charge in [0, 0.05) is 31.6 Å². The summed E-state index contributed by atoms with van der Waals surface area (Å²) in [6.45, 7) is 13.3. The Morgan fingerprint density at radius 2 is 1.33 bits per heavy atom. The van der Waals surface area contributed by atoms with E-state index in [-0.39, 0.29) is 5.41 Å². The smallest absolute Gasteiger partial charge is 0.211 e. The quantitative estimate of drug-likeness (QED) is 0.130. The monoisotopic (exact) mass is 559 g/mol. The third-order valence-corrected chi connectivity index (χ3v) is 8.43. The number of sulfonamides is 1. The van der Waals surface area contributed by atoms with Gasteiger partial charge in [0.1, 0.15) is 12.3 Å². The second-order valence-corrected chi connectivity index (χ2v) is 14.1. The molecule has 0 aliphatic heterocycles. The van der Waals surface area contributed by atoms with E-state index in [9.17, 15) is 8.42 Å². The van der Waals surface area contributed by atoms with Gasteiger partial charge in [-0.3, -0.25) is 0 Å². The number of rotatable bonds is 19. The summed E-state index contributed by atoms with van der Waals surface area (Å²) in [4.78, 5) is 0. The molecule has 6 heteroatoms. The first kappa shape index (κ1) is 33.3. The largest absolute Gasteiger partial charge is 0.493 e. The minimum atomic E-state index is -3.38. The Morgan fingerprint density at radius 1 is 0.769 bits per heavy atom. The number of aryl methyl sites for hydroxylation is 1. The van der Waals surface area contributed by atoms with Crippen molar-refractivity contribution < 1.29 is 17.7 Å². The maximum atomic E-state index is 12.7. The summed E-state index contributed by atoms with van der Waals surface area (Å²) < 4.78 is 35.3. The van der Waals surface area contributed by atoms with Gasteiger partial charge in [-0.2, -0.15) is 4.31 Å². The van der Waals surface area contributed by atoms with E-state index < -0.39 is 10.0 Å². The van der Waals surface area contributed by atoms with Crippen LogP contribution in [0.4, 0.5) is 0 Å². The molecule has 220 valence electrons. The van der Waals surface area contributed by atoms with Crippen molar-refractivity contribution >= 4 is 10.0 Å². The van der Waals surface area contributed by atoms with Gasteiger partial charge in [-0.15, -0.1) is 0 Å². The number of nitrogens with zero attached hydrogens (tertiary/aromatic N) is 2. The van der Waals surface area contributed by atoms with Gasteiger partial charge in [0.2, 0.25) is 10.0 Å². The molecule has 1 aromatic carbocycles. The molecule has 0 saturated heterocycles. The van der Waals surface area contributed by atoms with Gasteiger partial charge in [0.25, 0.3) is 0 Å². The van der Waals surface area contributed by atoms with Crippen LogP contribution >= 0.6 is 0 Å². The fraction of sp³-hybridized carbons (Fsp3) is 0.667. The average molecular weight is 560 g/mol. The summed E-state index contributed by atoms with van der Waals surface area (Å²) >= 11 is 0. The highest BCUT2D eigenvalue weighted by Gasteiger charge is 2.23. The van der Waals surface area contributed by atoms with Crippen molar-refractivity contribution in [2.45, 2.75) is 130 Å². The Bertz CT molecular complexity index is 1060. The summed E-state index contributed by atoms with van der Waals surface area (Å²) in [6, 6.07) is 10.2. The number of aromatic nitrogens is 1. The second kappa shape index (κ2) is 17.0. The topological polar surface area (TPSA) is 50.5 Å². The van der Waals surface area contributed by atoms with E-state index in [0.717, 1.165) is 48.4 Å². The van der Waals surface area contributed by atoms with E-state index in [2.05, 4.69) is 45.3 Å². The van der Waals surface area contributed by atoms with Crippen LogP contribution in [0.15, 0.2) is 42.7 Å². The maximum Gasteiger partial charge on any atom is 0.211 e. The molecule has 0 spiro atoms. The number of benzene rings is 1. The van der Waals surface area contributed by atoms with Crippen LogP contribution in [0, 0.1) is 0 Å². The van der Waals surface area contributed by atoms with Crippen LogP contribution in [-0.2, 0) is 35.1 Å². The summed E-state index contributed by atoms with van der Waals surface area (Å²) in [5.74, 6) is 0.914. The predicted octanol–water partition coefficient (Wildman–Crippen LogP) is 7.94. The van der Waals surface area contributed by atoms with Gasteiger partial charge >= 0.3 is 0 Å². The SMILES string of the molecule is CCCCCCCCCCCCOc1ccc(CN(Cc2cc[n+](CCC)cc2)S(C)(=O)=O)cc1C(C)(C)C. The lowest BCUT2D eigenvalue weighted by Crippen LogP contribution is -2.33. The summed E-state index contributed by atoms with van der Waals surface area (Å²) in [5, 5.41) is 0. The standard InChI is InChI=1S/C33H55N2O3S/c1-7-9-10-11-12-13-14-15-16-17-25-38-32-19-18-30(26-31(32)33(3,4)5)28-35(39(6,36)37)27-29-20-23-34(22-8-2)24-21-29/h18-21,23-24,26H,7-17,22,25,27-28H2,1-6H3/q+1. The predicted molar refractivity (Wildman–Crippen MR) is 163 cm³/mol. The molecular weight excluding hydrogens is 504 g/mol. The molecule has 2 rings (SSSR count). The molecule has 0 N–H and O–H groups in total. The van der Waals surface area contributed by atoms with Crippen LogP contribution in [0.1, 0.15) is 122 Å². The molecule has 1 heterocycles. The van der Waals surface area contributed by atoms with E-state index in [0.29, 0.717) is 13.1 Å². The van der Waals surface area contributed by atoms with Gasteiger partial charge in [-0.25, -0.2) is 13.0 Å². The van der Waals surface area contributed by atoms with Crippen LogP contribution in [0.5, 0.6) is 5.75 Å². The van der Waals surface area contributed by atoms with E-state index >= 15 is 0 Å². The Balaban J connectivity index is 1.95. The van der Waals surface area contributed by atoms with Crippen molar-refractivity contribution in [3.63, 3.8) is 0 Å². The zero-order chi connectivity index (χ0) is 28.7. The lowest BCUT2D eigenvalue weighted by molar-refractivity contribution is -0.697. The first-order chi connectivity index (χ1) is 18.5. The molecule has 0 bridgehead atoms. The lowest BCUT2D eigenvalue weighted by Gasteiger charge is -2.25. The summed E-state index contributed by atoms with van der Waals surface area (Å²) in [6.07, 6.45) is 19.5. The third kappa shape index (κ3) is 12.9. The molecule has 5 nitrogen and oxygen atoms in total. The number of hydrogen-bond acceptors (Lipinski definition) is 3. The molecule has 39 heavy (non-hydrogen) atoms. The highest BCUT2D eigenvalue weighted by Crippen LogP contribution is 2.33. The van der Waals surface area contributed by atoms with Gasteiger partial charge in [0.15, 0.2) is 12.4 Å². The number of ether oxygens (including phenoxy) is 1. The molecule has 0 radical (unpaired) electrons. The molecule has 1 aromatic heterocycles. The summed E-state index contributed by atoms with van der Waals surface area (Å²) in [7, 11) is -3.38. The van der Waals surface area contributed by atoms with Crippen molar-refractivity contribution in [1.29, 1.82) is 0 Å². The van der Waals surface area contributed by atoms with Crippen molar-refractivity contribution in [3.05, 3.63) is 59.4 Å². The first-order valence-corrected chi connectivity index (χ1v) is 17.1. The number of pyridine rings is 1. The first-order valence-electron chi connectivity index (χ1n) is 15.2. The highest BCUT2D eigenvalue weighted by molar-refractivity contribution is 7.88. The van der Waals surface area contributed by atoms with Crippen molar-refractivity contribution in [1.82, 2.24) is 4.31 Å². The van der Waals surface area contributed by atoms with E-state index in [4.69, 9.17) is 4.74 Å². The van der Waals surface area contributed by atoms with E-state index in [1.165, 1.54) is 64.0 Å². The molecule has 0 amide bonds.